The summed E-state index contributed by atoms with van der Waals surface area (Å²) < 4.78 is 6.85. The molecule has 4 nitrogen and oxygen atoms in total. The fourth-order valence-electron chi connectivity index (χ4n) is 2.02. The molecule has 0 aliphatic heterocycles. The lowest BCUT2D eigenvalue weighted by Crippen LogP contribution is -2.40. The van der Waals surface area contributed by atoms with Crippen LogP contribution in [0.2, 0.25) is 0 Å². The number of nitrogens with one attached hydrogen (secondary N) is 1. The highest BCUT2D eigenvalue weighted by molar-refractivity contribution is 9.10. The van der Waals surface area contributed by atoms with Crippen LogP contribution < -0.4 is 10.1 Å². The van der Waals surface area contributed by atoms with Gasteiger partial charge in [0.25, 0.3) is 5.91 Å². The Balaban J connectivity index is 2.84. The van der Waals surface area contributed by atoms with Crippen LogP contribution in [0.15, 0.2) is 22.7 Å². The van der Waals surface area contributed by atoms with Gasteiger partial charge in [-0.3, -0.25) is 4.79 Å². The normalized spacial score (nSPS) is 12.1. The summed E-state index contributed by atoms with van der Waals surface area (Å²) in [6, 6.07) is 5.81. The molecule has 0 aliphatic rings. The molecule has 0 saturated heterocycles. The van der Waals surface area contributed by atoms with Crippen molar-refractivity contribution < 1.29 is 9.53 Å². The van der Waals surface area contributed by atoms with Crippen molar-refractivity contribution in [2.45, 2.75) is 33.4 Å². The minimum Gasteiger partial charge on any atom is -0.481 e. The van der Waals surface area contributed by atoms with Crippen LogP contribution in [0.25, 0.3) is 0 Å². The number of rotatable bonds is 7. The standard InChI is InChI=1S/C15H23BrN2O2/c1-5-18(6-2)15(19)11(3)20-14-8-7-13(16)9-12(14)10-17-4/h7-9,11,17H,5-6,10H2,1-4H3. The predicted molar refractivity (Wildman–Crippen MR) is 84.9 cm³/mol. The first-order valence-electron chi connectivity index (χ1n) is 6.91. The van der Waals surface area contributed by atoms with Crippen LogP contribution in [-0.2, 0) is 11.3 Å². The Morgan fingerprint density at radius 2 is 2.05 bits per heavy atom. The van der Waals surface area contributed by atoms with E-state index in [0.717, 1.165) is 15.8 Å². The lowest BCUT2D eigenvalue weighted by atomic mass is 10.2. The molecule has 1 amide bonds. The molecule has 1 unspecified atom stereocenters. The summed E-state index contributed by atoms with van der Waals surface area (Å²) in [5.74, 6) is 0.767. The summed E-state index contributed by atoms with van der Waals surface area (Å²) in [5.41, 5.74) is 1.03. The van der Waals surface area contributed by atoms with E-state index in [1.54, 1.807) is 11.8 Å². The Kier molecular flexibility index (Phi) is 7.02. The Morgan fingerprint density at radius 1 is 1.40 bits per heavy atom. The number of hydrogen-bond acceptors (Lipinski definition) is 3. The first-order chi connectivity index (χ1) is 9.53. The molecule has 0 radical (unpaired) electrons. The van der Waals surface area contributed by atoms with Crippen molar-refractivity contribution in [3.05, 3.63) is 28.2 Å². The third-order valence-corrected chi connectivity index (χ3v) is 3.61. The Hall–Kier alpha value is -1.07. The highest BCUT2D eigenvalue weighted by Gasteiger charge is 2.20. The van der Waals surface area contributed by atoms with Gasteiger partial charge in [0.15, 0.2) is 6.10 Å². The van der Waals surface area contributed by atoms with Crippen molar-refractivity contribution in [2.75, 3.05) is 20.1 Å². The second-order valence-electron chi connectivity index (χ2n) is 4.55. The Morgan fingerprint density at radius 3 is 2.60 bits per heavy atom. The molecule has 1 N–H and O–H groups in total. The average Bonchev–Trinajstić information content (AvgIpc) is 2.43. The minimum atomic E-state index is -0.480. The van der Waals surface area contributed by atoms with Gasteiger partial charge in [0.1, 0.15) is 5.75 Å². The minimum absolute atomic E-state index is 0.0216. The highest BCUT2D eigenvalue weighted by atomic mass is 79.9. The first-order valence-corrected chi connectivity index (χ1v) is 7.71. The quantitative estimate of drug-likeness (QED) is 0.828. The van der Waals surface area contributed by atoms with Gasteiger partial charge in [-0.2, -0.15) is 0 Å². The third-order valence-electron chi connectivity index (χ3n) is 3.12. The van der Waals surface area contributed by atoms with E-state index in [1.165, 1.54) is 0 Å². The smallest absolute Gasteiger partial charge is 0.263 e. The largest absolute Gasteiger partial charge is 0.481 e. The molecule has 1 atom stereocenters. The summed E-state index contributed by atoms with van der Waals surface area (Å²) in [7, 11) is 1.88. The van der Waals surface area contributed by atoms with Gasteiger partial charge >= 0.3 is 0 Å². The van der Waals surface area contributed by atoms with Crippen LogP contribution in [-0.4, -0.2) is 37.0 Å². The third kappa shape index (κ3) is 4.49. The number of carbonyl (C=O) groups is 1. The lowest BCUT2D eigenvalue weighted by molar-refractivity contribution is -0.137. The fraction of sp³-hybridized carbons (Fsp3) is 0.533. The summed E-state index contributed by atoms with van der Waals surface area (Å²) >= 11 is 3.45. The molecule has 0 heterocycles. The molecule has 0 aliphatic carbocycles. The van der Waals surface area contributed by atoms with Gasteiger partial charge in [0.05, 0.1) is 0 Å². The van der Waals surface area contributed by atoms with E-state index >= 15 is 0 Å². The van der Waals surface area contributed by atoms with Crippen molar-refractivity contribution in [3.8, 4) is 5.75 Å². The monoisotopic (exact) mass is 342 g/mol. The molecule has 1 aromatic carbocycles. The number of benzene rings is 1. The van der Waals surface area contributed by atoms with Gasteiger partial charge in [-0.1, -0.05) is 15.9 Å². The van der Waals surface area contributed by atoms with Gasteiger partial charge in [-0.25, -0.2) is 0 Å². The number of nitrogens with zero attached hydrogens (tertiary/aromatic N) is 1. The van der Waals surface area contributed by atoms with Crippen molar-refractivity contribution >= 4 is 21.8 Å². The van der Waals surface area contributed by atoms with Crippen LogP contribution >= 0.6 is 15.9 Å². The van der Waals surface area contributed by atoms with Crippen LogP contribution in [0.3, 0.4) is 0 Å². The van der Waals surface area contributed by atoms with Gasteiger partial charge in [0.2, 0.25) is 0 Å². The van der Waals surface area contributed by atoms with Gasteiger partial charge < -0.3 is 15.0 Å². The molecule has 0 aromatic heterocycles. The van der Waals surface area contributed by atoms with Crippen molar-refractivity contribution in [2.24, 2.45) is 0 Å². The zero-order chi connectivity index (χ0) is 15.1. The molecule has 0 spiro atoms. The summed E-state index contributed by atoms with van der Waals surface area (Å²) in [4.78, 5) is 14.0. The molecular weight excluding hydrogens is 320 g/mol. The van der Waals surface area contributed by atoms with E-state index in [0.29, 0.717) is 19.6 Å². The first kappa shape index (κ1) is 17.0. The summed E-state index contributed by atoms with van der Waals surface area (Å²) in [6.45, 7) is 7.84. The number of hydrogen-bond donors (Lipinski definition) is 1. The van der Waals surface area contributed by atoms with Gasteiger partial charge in [0, 0.05) is 29.7 Å². The van der Waals surface area contributed by atoms with Crippen molar-refractivity contribution in [1.29, 1.82) is 0 Å². The van der Waals surface area contributed by atoms with E-state index < -0.39 is 6.10 Å². The second kappa shape index (κ2) is 8.27. The average molecular weight is 343 g/mol. The zero-order valence-corrected chi connectivity index (χ0v) is 14.2. The molecule has 1 rings (SSSR count). The molecule has 5 heteroatoms. The summed E-state index contributed by atoms with van der Waals surface area (Å²) in [6.07, 6.45) is -0.480. The van der Waals surface area contributed by atoms with Crippen LogP contribution in [0.5, 0.6) is 5.75 Å². The van der Waals surface area contributed by atoms with E-state index in [-0.39, 0.29) is 5.91 Å². The fourth-order valence-corrected chi connectivity index (χ4v) is 2.43. The molecule has 20 heavy (non-hydrogen) atoms. The predicted octanol–water partition coefficient (Wildman–Crippen LogP) is 2.80. The van der Waals surface area contributed by atoms with E-state index in [2.05, 4.69) is 21.2 Å². The number of halogens is 1. The maximum Gasteiger partial charge on any atom is 0.263 e. The van der Waals surface area contributed by atoms with Crippen LogP contribution in [0.1, 0.15) is 26.3 Å². The molecule has 112 valence electrons. The molecule has 0 fully saturated rings. The van der Waals surface area contributed by atoms with Gasteiger partial charge in [-0.15, -0.1) is 0 Å². The van der Waals surface area contributed by atoms with E-state index in [9.17, 15) is 4.79 Å². The molecule has 0 bridgehead atoms. The maximum atomic E-state index is 12.2. The number of amides is 1. The Labute approximate surface area is 129 Å². The summed E-state index contributed by atoms with van der Waals surface area (Å²) in [5, 5.41) is 3.10. The molecule has 1 aromatic rings. The topological polar surface area (TPSA) is 41.6 Å². The number of likely N-dealkylation sites (N-methyl/N-ethyl adjacent to an activating group) is 1. The second-order valence-corrected chi connectivity index (χ2v) is 5.47. The number of ether oxygens (including phenoxy) is 1. The van der Waals surface area contributed by atoms with Crippen LogP contribution in [0.4, 0.5) is 0 Å². The van der Waals surface area contributed by atoms with Crippen LogP contribution in [0, 0.1) is 0 Å². The van der Waals surface area contributed by atoms with E-state index in [4.69, 9.17) is 4.74 Å². The molecule has 0 saturated carbocycles. The van der Waals surface area contributed by atoms with Crippen molar-refractivity contribution in [1.82, 2.24) is 10.2 Å². The zero-order valence-electron chi connectivity index (χ0n) is 12.6. The molecular formula is C15H23BrN2O2. The van der Waals surface area contributed by atoms with Gasteiger partial charge in [-0.05, 0) is 46.0 Å². The van der Waals surface area contributed by atoms with E-state index in [1.807, 2.05) is 39.1 Å². The van der Waals surface area contributed by atoms with Crippen molar-refractivity contribution in [3.63, 3.8) is 0 Å². The number of carbonyl (C=O) groups excluding carboxylic acids is 1. The lowest BCUT2D eigenvalue weighted by Gasteiger charge is -2.24. The highest BCUT2D eigenvalue weighted by Crippen LogP contribution is 2.24. The Bertz CT molecular complexity index is 447. The maximum absolute atomic E-state index is 12.2. The SMILES string of the molecule is CCN(CC)C(=O)C(C)Oc1ccc(Br)cc1CNC.